The van der Waals surface area contributed by atoms with Gasteiger partial charge in [0.25, 0.3) is 0 Å². The first kappa shape index (κ1) is 16.1. The predicted octanol–water partition coefficient (Wildman–Crippen LogP) is 3.36. The van der Waals surface area contributed by atoms with Crippen LogP contribution < -0.4 is 0 Å². The average Bonchev–Trinajstić information content (AvgIpc) is 2.95. The molecule has 1 N–H and O–H groups in total. The molecule has 0 radical (unpaired) electrons. The molecular formula is C17H20F2N2O2. The van der Waals surface area contributed by atoms with E-state index in [0.717, 1.165) is 25.8 Å². The Morgan fingerprint density at radius 3 is 2.78 bits per heavy atom. The van der Waals surface area contributed by atoms with Crippen LogP contribution >= 0.6 is 0 Å². The van der Waals surface area contributed by atoms with E-state index in [9.17, 15) is 13.9 Å². The van der Waals surface area contributed by atoms with Gasteiger partial charge in [-0.15, -0.1) is 0 Å². The monoisotopic (exact) mass is 322 g/mol. The lowest BCUT2D eigenvalue weighted by Gasteiger charge is -2.36. The van der Waals surface area contributed by atoms with E-state index >= 15 is 0 Å². The summed E-state index contributed by atoms with van der Waals surface area (Å²) in [5.41, 5.74) is 0.361. The molecule has 124 valence electrons. The number of halogens is 2. The number of aliphatic hydroxyl groups excluding tert-OH is 1. The summed E-state index contributed by atoms with van der Waals surface area (Å²) in [6.45, 7) is 3.15. The fraction of sp³-hybridized carbons (Fsp3) is 0.471. The lowest BCUT2D eigenvalue weighted by atomic mass is 9.98. The summed E-state index contributed by atoms with van der Waals surface area (Å²) in [5, 5.41) is 9.90. The summed E-state index contributed by atoms with van der Waals surface area (Å²) in [5.74, 6) is -1.45. The molecule has 2 aromatic rings. The topological polar surface area (TPSA) is 49.5 Å². The van der Waals surface area contributed by atoms with E-state index in [2.05, 4.69) is 9.88 Å². The summed E-state index contributed by atoms with van der Waals surface area (Å²) in [6.07, 6.45) is 4.09. The number of nitrogens with zero attached hydrogens (tertiary/aromatic N) is 2. The molecule has 1 aliphatic rings. The molecule has 1 aromatic carbocycles. The van der Waals surface area contributed by atoms with Crippen molar-refractivity contribution in [3.8, 4) is 11.5 Å². The number of hydrogen-bond acceptors (Lipinski definition) is 4. The average molecular weight is 322 g/mol. The second-order valence-electron chi connectivity index (χ2n) is 6.01. The number of benzene rings is 1. The van der Waals surface area contributed by atoms with E-state index < -0.39 is 17.7 Å². The van der Waals surface area contributed by atoms with Crippen molar-refractivity contribution in [1.29, 1.82) is 0 Å². The molecule has 0 bridgehead atoms. The number of likely N-dealkylation sites (tertiary alicyclic amines) is 1. The third kappa shape index (κ3) is 3.43. The lowest BCUT2D eigenvalue weighted by Crippen LogP contribution is -2.45. The molecule has 2 unspecified atom stereocenters. The van der Waals surface area contributed by atoms with Gasteiger partial charge in [-0.2, -0.15) is 0 Å². The minimum atomic E-state index is -0.696. The van der Waals surface area contributed by atoms with Gasteiger partial charge >= 0.3 is 0 Å². The third-order valence-corrected chi connectivity index (χ3v) is 4.31. The van der Waals surface area contributed by atoms with Crippen LogP contribution in [-0.2, 0) is 6.54 Å². The van der Waals surface area contributed by atoms with Gasteiger partial charge in [-0.3, -0.25) is 4.90 Å². The van der Waals surface area contributed by atoms with Crippen molar-refractivity contribution in [3.05, 3.63) is 41.8 Å². The Bertz CT molecular complexity index is 652. The normalized spacial score (nSPS) is 20.6. The molecule has 1 aliphatic heterocycles. The molecule has 23 heavy (non-hydrogen) atoms. The number of aliphatic hydroxyl groups is 1. The van der Waals surface area contributed by atoms with Gasteiger partial charge in [-0.25, -0.2) is 13.8 Å². The lowest BCUT2D eigenvalue weighted by molar-refractivity contribution is 0.0309. The van der Waals surface area contributed by atoms with Crippen molar-refractivity contribution in [2.45, 2.75) is 44.9 Å². The van der Waals surface area contributed by atoms with Crippen LogP contribution in [0.25, 0.3) is 11.5 Å². The Morgan fingerprint density at radius 2 is 2.09 bits per heavy atom. The first-order chi connectivity index (χ1) is 11.1. The first-order valence-corrected chi connectivity index (χ1v) is 7.87. The molecule has 3 rings (SSSR count). The van der Waals surface area contributed by atoms with Crippen LogP contribution in [0.3, 0.4) is 0 Å². The van der Waals surface area contributed by atoms with E-state index in [4.69, 9.17) is 4.42 Å². The van der Waals surface area contributed by atoms with Gasteiger partial charge in [-0.05, 0) is 38.4 Å². The van der Waals surface area contributed by atoms with Crippen LogP contribution in [0.2, 0.25) is 0 Å². The van der Waals surface area contributed by atoms with Gasteiger partial charge in [0, 0.05) is 12.6 Å². The molecule has 6 heteroatoms. The highest BCUT2D eigenvalue weighted by molar-refractivity contribution is 5.55. The highest BCUT2D eigenvalue weighted by Crippen LogP contribution is 2.27. The van der Waals surface area contributed by atoms with Crippen molar-refractivity contribution in [2.75, 3.05) is 6.54 Å². The third-order valence-electron chi connectivity index (χ3n) is 4.31. The zero-order valence-corrected chi connectivity index (χ0v) is 13.0. The first-order valence-electron chi connectivity index (χ1n) is 7.87. The molecule has 0 amide bonds. The Balaban J connectivity index is 1.79. The second kappa shape index (κ2) is 6.76. The van der Waals surface area contributed by atoms with Crippen molar-refractivity contribution >= 4 is 0 Å². The number of rotatable bonds is 4. The van der Waals surface area contributed by atoms with Crippen LogP contribution in [0.4, 0.5) is 8.78 Å². The predicted molar refractivity (Wildman–Crippen MR) is 81.6 cm³/mol. The molecule has 1 saturated heterocycles. The molecule has 0 saturated carbocycles. The van der Waals surface area contributed by atoms with Gasteiger partial charge in [-0.1, -0.05) is 12.5 Å². The smallest absolute Gasteiger partial charge is 0.232 e. The molecule has 0 aliphatic carbocycles. The minimum absolute atomic E-state index is 0.0544. The quantitative estimate of drug-likeness (QED) is 0.938. The van der Waals surface area contributed by atoms with Crippen molar-refractivity contribution in [3.63, 3.8) is 0 Å². The summed E-state index contributed by atoms with van der Waals surface area (Å²) < 4.78 is 32.8. The van der Waals surface area contributed by atoms with E-state index in [0.29, 0.717) is 12.2 Å². The molecule has 2 heterocycles. The zero-order valence-electron chi connectivity index (χ0n) is 13.0. The number of oxazole rings is 1. The van der Waals surface area contributed by atoms with Crippen LogP contribution in [0.15, 0.2) is 28.9 Å². The van der Waals surface area contributed by atoms with Gasteiger partial charge in [0.05, 0.1) is 11.8 Å². The molecule has 1 fully saturated rings. The number of aromatic nitrogens is 1. The highest BCUT2D eigenvalue weighted by atomic mass is 19.1. The standard InChI is InChI=1S/C17H20F2N2O2/c1-11(22)15-7-2-3-8-21(15)9-12-10-23-17(20-12)16-13(18)5-4-6-14(16)19/h4-6,10-11,15,22H,2-3,7-9H2,1H3. The van der Waals surface area contributed by atoms with Crippen molar-refractivity contribution in [2.24, 2.45) is 0 Å². The van der Waals surface area contributed by atoms with Gasteiger partial charge in [0.1, 0.15) is 23.5 Å². The van der Waals surface area contributed by atoms with Crippen LogP contribution in [-0.4, -0.2) is 33.7 Å². The SMILES string of the molecule is CC(O)C1CCCCN1Cc1coc(-c2c(F)cccc2F)n1. The van der Waals surface area contributed by atoms with Crippen LogP contribution in [0.5, 0.6) is 0 Å². The molecule has 1 aromatic heterocycles. The summed E-state index contributed by atoms with van der Waals surface area (Å²) in [6, 6.07) is 3.74. The second-order valence-corrected chi connectivity index (χ2v) is 6.01. The van der Waals surface area contributed by atoms with Gasteiger partial charge in [0.2, 0.25) is 5.89 Å². The van der Waals surface area contributed by atoms with Gasteiger partial charge in [0.15, 0.2) is 0 Å². The van der Waals surface area contributed by atoms with Crippen molar-refractivity contribution < 1.29 is 18.3 Å². The minimum Gasteiger partial charge on any atom is -0.444 e. The van der Waals surface area contributed by atoms with E-state index in [1.807, 2.05) is 0 Å². The molecule has 2 atom stereocenters. The van der Waals surface area contributed by atoms with Crippen LogP contribution in [0, 0.1) is 11.6 Å². The Labute approximate surface area is 133 Å². The van der Waals surface area contributed by atoms with Crippen LogP contribution in [0.1, 0.15) is 31.9 Å². The highest BCUT2D eigenvalue weighted by Gasteiger charge is 2.27. The molecular weight excluding hydrogens is 302 g/mol. The number of hydrogen-bond donors (Lipinski definition) is 1. The molecule has 0 spiro atoms. The van der Waals surface area contributed by atoms with E-state index in [1.165, 1.54) is 24.5 Å². The largest absolute Gasteiger partial charge is 0.444 e. The molecule has 4 nitrogen and oxygen atoms in total. The maximum atomic E-state index is 13.8. The Hall–Kier alpha value is -1.79. The van der Waals surface area contributed by atoms with Gasteiger partial charge < -0.3 is 9.52 Å². The fourth-order valence-electron chi connectivity index (χ4n) is 3.16. The number of piperidine rings is 1. The summed E-state index contributed by atoms with van der Waals surface area (Å²) in [4.78, 5) is 6.37. The maximum absolute atomic E-state index is 13.8. The van der Waals surface area contributed by atoms with E-state index in [1.54, 1.807) is 6.92 Å². The summed E-state index contributed by atoms with van der Waals surface area (Å²) >= 11 is 0. The van der Waals surface area contributed by atoms with E-state index in [-0.39, 0.29) is 17.5 Å². The Morgan fingerprint density at radius 1 is 1.35 bits per heavy atom. The Kier molecular flexibility index (Phi) is 4.73. The van der Waals surface area contributed by atoms with Crippen molar-refractivity contribution in [1.82, 2.24) is 9.88 Å². The summed E-state index contributed by atoms with van der Waals surface area (Å²) in [7, 11) is 0. The maximum Gasteiger partial charge on any atom is 0.232 e. The zero-order chi connectivity index (χ0) is 16.4. The fourth-order valence-corrected chi connectivity index (χ4v) is 3.16.